The summed E-state index contributed by atoms with van der Waals surface area (Å²) >= 11 is 0. The van der Waals surface area contributed by atoms with Crippen molar-refractivity contribution in [3.63, 3.8) is 0 Å². The second-order valence-electron chi connectivity index (χ2n) is 4.09. The van der Waals surface area contributed by atoms with Crippen molar-refractivity contribution in [1.29, 1.82) is 0 Å². The average molecular weight is 269 g/mol. The van der Waals surface area contributed by atoms with E-state index in [1.807, 2.05) is 4.90 Å². The Morgan fingerprint density at radius 3 is 2.58 bits per heavy atom. The smallest absolute Gasteiger partial charge is 0.341 e. The van der Waals surface area contributed by atoms with E-state index in [0.29, 0.717) is 32.0 Å². The zero-order valence-corrected chi connectivity index (χ0v) is 10.9. The van der Waals surface area contributed by atoms with Crippen LogP contribution in [0.3, 0.4) is 0 Å². The van der Waals surface area contributed by atoms with Crippen molar-refractivity contribution in [3.05, 3.63) is 23.5 Å². The first-order chi connectivity index (χ1) is 9.17. The summed E-state index contributed by atoms with van der Waals surface area (Å²) in [5.41, 5.74) is 0.581. The van der Waals surface area contributed by atoms with E-state index in [0.717, 1.165) is 0 Å². The zero-order valence-electron chi connectivity index (χ0n) is 10.9. The first-order valence-electron chi connectivity index (χ1n) is 5.96. The van der Waals surface area contributed by atoms with E-state index in [1.165, 1.54) is 26.4 Å². The van der Waals surface area contributed by atoms with Crippen molar-refractivity contribution in [1.82, 2.24) is 0 Å². The highest BCUT2D eigenvalue weighted by molar-refractivity contribution is 5.93. The van der Waals surface area contributed by atoms with Gasteiger partial charge in [0, 0.05) is 19.2 Å². The summed E-state index contributed by atoms with van der Waals surface area (Å²) in [5, 5.41) is 0. The van der Waals surface area contributed by atoms with E-state index in [2.05, 4.69) is 4.74 Å². The van der Waals surface area contributed by atoms with Gasteiger partial charge in [-0.1, -0.05) is 0 Å². The first kappa shape index (κ1) is 13.6. The predicted octanol–water partition coefficient (Wildman–Crippen LogP) is 1.46. The van der Waals surface area contributed by atoms with Gasteiger partial charge in [-0.25, -0.2) is 9.18 Å². The lowest BCUT2D eigenvalue weighted by atomic mass is 10.1. The second kappa shape index (κ2) is 5.88. The highest BCUT2D eigenvalue weighted by Gasteiger charge is 2.21. The Bertz CT molecular complexity index is 472. The molecule has 0 spiro atoms. The Hall–Kier alpha value is -1.82. The van der Waals surface area contributed by atoms with Gasteiger partial charge in [-0.2, -0.15) is 0 Å². The molecule has 1 saturated heterocycles. The van der Waals surface area contributed by atoms with Gasteiger partial charge in [0.1, 0.15) is 17.1 Å². The lowest BCUT2D eigenvalue weighted by molar-refractivity contribution is 0.0597. The number of hydrogen-bond donors (Lipinski definition) is 0. The highest BCUT2D eigenvalue weighted by atomic mass is 19.1. The molecule has 1 aliphatic heterocycles. The van der Waals surface area contributed by atoms with Crippen LogP contribution in [-0.4, -0.2) is 46.5 Å². The van der Waals surface area contributed by atoms with Gasteiger partial charge in [0.05, 0.1) is 33.1 Å². The minimum atomic E-state index is -0.550. The number of morpholine rings is 1. The Morgan fingerprint density at radius 2 is 2.00 bits per heavy atom. The van der Waals surface area contributed by atoms with Crippen molar-refractivity contribution >= 4 is 11.7 Å². The summed E-state index contributed by atoms with van der Waals surface area (Å²) in [6, 6.07) is 2.67. The van der Waals surface area contributed by atoms with Crippen LogP contribution in [0.5, 0.6) is 5.75 Å². The van der Waals surface area contributed by atoms with Crippen molar-refractivity contribution in [2.75, 3.05) is 45.4 Å². The first-order valence-corrected chi connectivity index (χ1v) is 5.96. The maximum Gasteiger partial charge on any atom is 0.341 e. The zero-order chi connectivity index (χ0) is 13.8. The SMILES string of the molecule is COC(=O)c1cc(N2CCOCC2)c(F)cc1OC. The maximum absolute atomic E-state index is 14.1. The molecule has 1 aromatic rings. The summed E-state index contributed by atoms with van der Waals surface area (Å²) in [6.07, 6.45) is 0. The van der Waals surface area contributed by atoms with Crippen molar-refractivity contribution < 1.29 is 23.4 Å². The summed E-state index contributed by atoms with van der Waals surface area (Å²) in [6.45, 7) is 2.26. The number of methoxy groups -OCH3 is 2. The van der Waals surface area contributed by atoms with Crippen molar-refractivity contribution in [2.24, 2.45) is 0 Å². The van der Waals surface area contributed by atoms with E-state index < -0.39 is 11.8 Å². The molecule has 0 saturated carbocycles. The molecule has 5 nitrogen and oxygen atoms in total. The van der Waals surface area contributed by atoms with E-state index >= 15 is 0 Å². The van der Waals surface area contributed by atoms with Gasteiger partial charge in [0.15, 0.2) is 0 Å². The molecule has 6 heteroatoms. The van der Waals surface area contributed by atoms with Crippen molar-refractivity contribution in [3.8, 4) is 5.75 Å². The monoisotopic (exact) mass is 269 g/mol. The second-order valence-corrected chi connectivity index (χ2v) is 4.09. The molecule has 0 bridgehead atoms. The number of ether oxygens (including phenoxy) is 3. The number of carbonyl (C=O) groups excluding carboxylic acids is 1. The van der Waals surface area contributed by atoms with Gasteiger partial charge < -0.3 is 19.1 Å². The fraction of sp³-hybridized carbons (Fsp3) is 0.462. The van der Waals surface area contributed by atoms with Crippen LogP contribution in [-0.2, 0) is 9.47 Å². The lowest BCUT2D eigenvalue weighted by Gasteiger charge is -2.29. The van der Waals surface area contributed by atoms with Crippen LogP contribution in [0.1, 0.15) is 10.4 Å². The number of esters is 1. The van der Waals surface area contributed by atoms with Gasteiger partial charge in [0.2, 0.25) is 0 Å². The van der Waals surface area contributed by atoms with Gasteiger partial charge in [-0.15, -0.1) is 0 Å². The fourth-order valence-electron chi connectivity index (χ4n) is 2.03. The summed E-state index contributed by atoms with van der Waals surface area (Å²) in [7, 11) is 2.66. The average Bonchev–Trinajstić information content (AvgIpc) is 2.47. The Labute approximate surface area is 110 Å². The van der Waals surface area contributed by atoms with Gasteiger partial charge in [-0.3, -0.25) is 0 Å². The van der Waals surface area contributed by atoms with Crippen LogP contribution in [0.2, 0.25) is 0 Å². The molecule has 0 aliphatic carbocycles. The molecule has 0 N–H and O–H groups in total. The number of halogens is 1. The lowest BCUT2D eigenvalue weighted by Crippen LogP contribution is -2.36. The molecule has 1 aromatic carbocycles. The van der Waals surface area contributed by atoms with E-state index in [9.17, 15) is 9.18 Å². The summed E-state index contributed by atoms with van der Waals surface area (Å²) < 4.78 is 29.0. The molecular weight excluding hydrogens is 253 g/mol. The number of anilines is 1. The third kappa shape index (κ3) is 2.78. The van der Waals surface area contributed by atoms with Gasteiger partial charge >= 0.3 is 5.97 Å². The number of nitrogens with zero attached hydrogens (tertiary/aromatic N) is 1. The van der Waals surface area contributed by atoms with Crippen LogP contribution in [0.15, 0.2) is 12.1 Å². The van der Waals surface area contributed by atoms with E-state index in [1.54, 1.807) is 0 Å². The van der Waals surface area contributed by atoms with Crippen LogP contribution in [0.25, 0.3) is 0 Å². The quantitative estimate of drug-likeness (QED) is 0.777. The third-order valence-corrected chi connectivity index (χ3v) is 3.03. The summed E-state index contributed by atoms with van der Waals surface area (Å²) in [5.74, 6) is -0.806. The molecule has 19 heavy (non-hydrogen) atoms. The maximum atomic E-state index is 14.1. The number of carbonyl (C=O) groups is 1. The van der Waals surface area contributed by atoms with Gasteiger partial charge in [0.25, 0.3) is 0 Å². The summed E-state index contributed by atoms with van der Waals surface area (Å²) in [4.78, 5) is 13.5. The predicted molar refractivity (Wildman–Crippen MR) is 67.3 cm³/mol. The largest absolute Gasteiger partial charge is 0.496 e. The third-order valence-electron chi connectivity index (χ3n) is 3.03. The Kier molecular flexibility index (Phi) is 4.21. The number of benzene rings is 1. The van der Waals surface area contributed by atoms with Gasteiger partial charge in [-0.05, 0) is 6.07 Å². The molecule has 1 heterocycles. The molecule has 2 rings (SSSR count). The van der Waals surface area contributed by atoms with Crippen LogP contribution < -0.4 is 9.64 Å². The Balaban J connectivity index is 2.40. The molecule has 104 valence electrons. The van der Waals surface area contributed by atoms with Crippen LogP contribution in [0, 0.1) is 5.82 Å². The normalized spacial score (nSPS) is 15.2. The minimum absolute atomic E-state index is 0.168. The fourth-order valence-corrected chi connectivity index (χ4v) is 2.03. The highest BCUT2D eigenvalue weighted by Crippen LogP contribution is 2.29. The molecule has 1 aliphatic rings. The van der Waals surface area contributed by atoms with E-state index in [-0.39, 0.29) is 11.3 Å². The molecule has 0 aromatic heterocycles. The van der Waals surface area contributed by atoms with Crippen LogP contribution >= 0.6 is 0 Å². The Morgan fingerprint density at radius 1 is 1.32 bits per heavy atom. The molecule has 0 atom stereocenters. The molecule has 1 fully saturated rings. The topological polar surface area (TPSA) is 48.0 Å². The molecule has 0 unspecified atom stereocenters. The van der Waals surface area contributed by atoms with E-state index in [4.69, 9.17) is 9.47 Å². The standard InChI is InChI=1S/C13H16FNO4/c1-17-12-8-10(14)11(7-9(12)13(16)18-2)15-3-5-19-6-4-15/h7-8H,3-6H2,1-2H3. The molecule has 0 amide bonds. The number of rotatable bonds is 3. The van der Waals surface area contributed by atoms with Crippen molar-refractivity contribution in [2.45, 2.75) is 0 Å². The minimum Gasteiger partial charge on any atom is -0.496 e. The molecular formula is C13H16FNO4. The molecule has 0 radical (unpaired) electrons. The van der Waals surface area contributed by atoms with Crippen LogP contribution in [0.4, 0.5) is 10.1 Å². The number of hydrogen-bond acceptors (Lipinski definition) is 5.